The number of Topliss-reactive ketones (excluding diaryl/α,β-unsaturated/α-hetero) is 1. The molecule has 0 aromatic rings. The number of hydrogen-bond donors (Lipinski definition) is 8. The van der Waals surface area contributed by atoms with Crippen LogP contribution in [0.25, 0.3) is 0 Å². The molecule has 0 heterocycles. The third-order valence-electron chi connectivity index (χ3n) is 2.86. The van der Waals surface area contributed by atoms with Crippen molar-refractivity contribution < 1.29 is 69.0 Å². The molecule has 0 aliphatic rings. The zero-order chi connectivity index (χ0) is 27.7. The van der Waals surface area contributed by atoms with Crippen molar-refractivity contribution in [3.8, 4) is 0 Å². The third kappa shape index (κ3) is 42.2. The van der Waals surface area contributed by atoms with Gasteiger partial charge in [-0.25, -0.2) is 4.79 Å². The van der Waals surface area contributed by atoms with Crippen LogP contribution < -0.4 is 11.5 Å². The van der Waals surface area contributed by atoms with E-state index >= 15 is 0 Å². The van der Waals surface area contributed by atoms with Gasteiger partial charge in [0.1, 0.15) is 12.3 Å². The van der Waals surface area contributed by atoms with Gasteiger partial charge in [0.2, 0.25) is 5.78 Å². The Bertz CT molecular complexity index is 678. The molecule has 0 aromatic heterocycles. The fraction of sp³-hybridized carbons (Fsp3) is 0.556. The Labute approximate surface area is 193 Å². The highest BCUT2D eigenvalue weighted by atomic mass is 16.4. The van der Waals surface area contributed by atoms with Crippen molar-refractivity contribution in [1.82, 2.24) is 0 Å². The molecule has 0 bridgehead atoms. The standard InChI is InChI=1S/C5H9NO4.C5H6O5.C4H9NO2.C4H6O3/c2*6-3(5(9)10)1-2-4(7)8;2*5-3-1-2-4(6)7/h3H,1-2,6H2,(H,7,8)(H,9,10);1-2H2,(H,7,8)(H,9,10);1-3,5H2,(H,6,7);3H,1-2H2,(H,6,7)/t3-;;;/m0.../s1. The van der Waals surface area contributed by atoms with Gasteiger partial charge in [0, 0.05) is 25.7 Å². The van der Waals surface area contributed by atoms with E-state index in [1.165, 1.54) is 0 Å². The number of aldehydes is 1. The van der Waals surface area contributed by atoms with Gasteiger partial charge in [0.25, 0.3) is 0 Å². The quantitative estimate of drug-likeness (QED) is 0.101. The van der Waals surface area contributed by atoms with Crippen LogP contribution in [0, 0.1) is 0 Å². The lowest BCUT2D eigenvalue weighted by Gasteiger charge is -2.01. The van der Waals surface area contributed by atoms with Crippen molar-refractivity contribution in [3.05, 3.63) is 0 Å². The van der Waals surface area contributed by atoms with Crippen LogP contribution in [-0.4, -0.2) is 91.1 Å². The van der Waals surface area contributed by atoms with E-state index in [-0.39, 0.29) is 32.1 Å². The Morgan fingerprint density at radius 2 is 1.12 bits per heavy atom. The Hall–Kier alpha value is -3.92. The lowest BCUT2D eigenvalue weighted by atomic mass is 10.2. The average molecular weight is 498 g/mol. The number of aliphatic carboxylic acids is 6. The predicted octanol–water partition coefficient (Wildman–Crippen LogP) is -1.37. The van der Waals surface area contributed by atoms with Gasteiger partial charge in [-0.2, -0.15) is 0 Å². The number of carbonyl (C=O) groups excluding carboxylic acids is 2. The fourth-order valence-electron chi connectivity index (χ4n) is 1.17. The van der Waals surface area contributed by atoms with Gasteiger partial charge >= 0.3 is 35.8 Å². The summed E-state index contributed by atoms with van der Waals surface area (Å²) in [7, 11) is 0. The molecule has 0 radical (unpaired) electrons. The minimum atomic E-state index is -1.58. The molecule has 16 nitrogen and oxygen atoms in total. The Balaban J connectivity index is -0.000000179. The molecule has 196 valence electrons. The summed E-state index contributed by atoms with van der Waals surface area (Å²) in [5.74, 6) is -7.71. The summed E-state index contributed by atoms with van der Waals surface area (Å²) in [5.41, 5.74) is 10.0. The number of carboxylic acids is 6. The summed E-state index contributed by atoms with van der Waals surface area (Å²) in [6.07, 6.45) is 0.340. The highest BCUT2D eigenvalue weighted by Gasteiger charge is 2.12. The summed E-state index contributed by atoms with van der Waals surface area (Å²) in [5, 5.41) is 48.1. The summed E-state index contributed by atoms with van der Waals surface area (Å²) in [6.45, 7) is 0.465. The molecule has 0 fully saturated rings. The van der Waals surface area contributed by atoms with Crippen LogP contribution in [-0.2, 0) is 38.4 Å². The molecule has 0 spiro atoms. The monoisotopic (exact) mass is 498 g/mol. The normalized spacial score (nSPS) is 9.71. The van der Waals surface area contributed by atoms with E-state index in [0.717, 1.165) is 0 Å². The van der Waals surface area contributed by atoms with Crippen LogP contribution in [0.3, 0.4) is 0 Å². The van der Waals surface area contributed by atoms with E-state index in [9.17, 15) is 38.4 Å². The number of ketones is 1. The van der Waals surface area contributed by atoms with Crippen LogP contribution in [0.5, 0.6) is 0 Å². The summed E-state index contributed by atoms with van der Waals surface area (Å²) < 4.78 is 0. The average Bonchev–Trinajstić information content (AvgIpc) is 2.73. The molecule has 34 heavy (non-hydrogen) atoms. The van der Waals surface area contributed by atoms with Gasteiger partial charge in [0.05, 0.1) is 12.8 Å². The first-order chi connectivity index (χ1) is 15.6. The second kappa shape index (κ2) is 25.3. The van der Waals surface area contributed by atoms with E-state index in [2.05, 4.69) is 0 Å². The molecule has 16 heteroatoms. The van der Waals surface area contributed by atoms with Crippen molar-refractivity contribution in [1.29, 1.82) is 0 Å². The smallest absolute Gasteiger partial charge is 0.372 e. The van der Waals surface area contributed by atoms with E-state index in [4.69, 9.17) is 42.1 Å². The van der Waals surface area contributed by atoms with Gasteiger partial charge in [-0.1, -0.05) is 0 Å². The van der Waals surface area contributed by atoms with Gasteiger partial charge in [-0.05, 0) is 19.4 Å². The number of carbonyl (C=O) groups is 8. The van der Waals surface area contributed by atoms with Crippen molar-refractivity contribution in [2.45, 2.75) is 57.4 Å². The van der Waals surface area contributed by atoms with Crippen LogP contribution in [0.4, 0.5) is 0 Å². The van der Waals surface area contributed by atoms with Gasteiger partial charge in [-0.15, -0.1) is 0 Å². The molecule has 0 saturated heterocycles. The minimum absolute atomic E-state index is 0.0231. The SMILES string of the molecule is NCCCC(=O)O.N[C@@H](CCC(=O)O)C(=O)O.O=C(O)CCC(=O)C(=O)O.O=CCCC(=O)O. The lowest BCUT2D eigenvalue weighted by molar-refractivity contribution is -0.150. The molecule has 0 amide bonds. The topological polar surface area (TPSA) is 310 Å². The first-order valence-electron chi connectivity index (χ1n) is 9.37. The maximum Gasteiger partial charge on any atom is 0.372 e. The largest absolute Gasteiger partial charge is 0.481 e. The highest BCUT2D eigenvalue weighted by Crippen LogP contribution is 1.93. The minimum Gasteiger partial charge on any atom is -0.481 e. The van der Waals surface area contributed by atoms with Crippen LogP contribution >= 0.6 is 0 Å². The van der Waals surface area contributed by atoms with Crippen LogP contribution in [0.1, 0.15) is 51.4 Å². The molecule has 1 atom stereocenters. The Kier molecular flexibility index (Phi) is 27.9. The molecule has 0 rings (SSSR count). The molecule has 0 unspecified atom stereocenters. The Morgan fingerprint density at radius 1 is 0.676 bits per heavy atom. The zero-order valence-electron chi connectivity index (χ0n) is 18.1. The van der Waals surface area contributed by atoms with Crippen molar-refractivity contribution in [3.63, 3.8) is 0 Å². The van der Waals surface area contributed by atoms with E-state index in [0.29, 0.717) is 19.3 Å². The number of carboxylic acid groups (broad SMARTS) is 6. The van der Waals surface area contributed by atoms with Crippen molar-refractivity contribution in [2.24, 2.45) is 11.5 Å². The first kappa shape index (κ1) is 37.4. The molecule has 0 aliphatic heterocycles. The Morgan fingerprint density at radius 3 is 1.35 bits per heavy atom. The molecule has 0 saturated carbocycles. The lowest BCUT2D eigenvalue weighted by Crippen LogP contribution is -2.30. The molecule has 0 aromatic carbocycles. The zero-order valence-corrected chi connectivity index (χ0v) is 18.1. The van der Waals surface area contributed by atoms with Crippen molar-refractivity contribution >= 4 is 47.9 Å². The van der Waals surface area contributed by atoms with Crippen molar-refractivity contribution in [2.75, 3.05) is 6.54 Å². The van der Waals surface area contributed by atoms with Gasteiger partial charge in [0.15, 0.2) is 0 Å². The summed E-state index contributed by atoms with van der Waals surface area (Å²) in [6, 6.07) is -1.06. The van der Waals surface area contributed by atoms with Gasteiger partial charge < -0.3 is 46.9 Å². The first-order valence-corrected chi connectivity index (χ1v) is 9.37. The fourth-order valence-corrected chi connectivity index (χ4v) is 1.17. The van der Waals surface area contributed by atoms with E-state index in [1.807, 2.05) is 0 Å². The van der Waals surface area contributed by atoms with Crippen LogP contribution in [0.15, 0.2) is 0 Å². The molecule has 0 aliphatic carbocycles. The molecule has 10 N–H and O–H groups in total. The molecular formula is C18H30N2O14. The summed E-state index contributed by atoms with van der Waals surface area (Å²) in [4.78, 5) is 78.4. The number of hydrogen-bond acceptors (Lipinski definition) is 10. The van der Waals surface area contributed by atoms with Gasteiger partial charge in [-0.3, -0.25) is 28.8 Å². The van der Waals surface area contributed by atoms with Crippen LogP contribution in [0.2, 0.25) is 0 Å². The summed E-state index contributed by atoms with van der Waals surface area (Å²) >= 11 is 0. The predicted molar refractivity (Wildman–Crippen MR) is 111 cm³/mol. The second-order valence-corrected chi connectivity index (χ2v) is 5.88. The third-order valence-corrected chi connectivity index (χ3v) is 2.86. The number of rotatable bonds is 14. The maximum atomic E-state index is 10.2. The van der Waals surface area contributed by atoms with E-state index in [1.54, 1.807) is 0 Å². The second-order valence-electron chi connectivity index (χ2n) is 5.88. The number of nitrogens with two attached hydrogens (primary N) is 2. The molecular weight excluding hydrogens is 468 g/mol. The maximum absolute atomic E-state index is 10.2. The highest BCUT2D eigenvalue weighted by molar-refractivity contribution is 6.32. The van der Waals surface area contributed by atoms with E-state index < -0.39 is 60.5 Å².